The van der Waals surface area contributed by atoms with Crippen molar-refractivity contribution < 1.29 is 27.5 Å². The molecule has 0 bridgehead atoms. The lowest BCUT2D eigenvalue weighted by Gasteiger charge is -2.30. The first-order valence-corrected chi connectivity index (χ1v) is 19.0. The molecule has 11 nitrogen and oxygen atoms in total. The molecule has 3 amide bonds. The topological polar surface area (TPSA) is 147 Å². The molecule has 0 radical (unpaired) electrons. The Morgan fingerprint density at radius 3 is 2.60 bits per heavy atom. The van der Waals surface area contributed by atoms with Crippen molar-refractivity contribution in [1.29, 1.82) is 0 Å². The van der Waals surface area contributed by atoms with Crippen LogP contribution in [0.3, 0.4) is 0 Å². The number of aromatic nitrogens is 1. The Morgan fingerprint density at radius 2 is 1.87 bits per heavy atom. The van der Waals surface area contributed by atoms with Crippen LogP contribution in [0.25, 0.3) is 10.4 Å². The van der Waals surface area contributed by atoms with Gasteiger partial charge in [-0.25, -0.2) is 13.4 Å². The van der Waals surface area contributed by atoms with Crippen molar-refractivity contribution in [3.05, 3.63) is 48.7 Å². The van der Waals surface area contributed by atoms with E-state index >= 15 is 0 Å². The van der Waals surface area contributed by atoms with Crippen LogP contribution in [0.5, 0.6) is 0 Å². The molecule has 0 unspecified atom stereocenters. The molecule has 1 aromatic heterocycles. The van der Waals surface area contributed by atoms with Crippen molar-refractivity contribution in [2.45, 2.75) is 113 Å². The zero-order valence-corrected chi connectivity index (χ0v) is 28.9. The third kappa shape index (κ3) is 7.89. The summed E-state index contributed by atoms with van der Waals surface area (Å²) in [6, 6.07) is 8.42. The number of amides is 3. The molecule has 3 N–H and O–H groups in total. The summed E-state index contributed by atoms with van der Waals surface area (Å²) in [6.45, 7) is 6.02. The van der Waals surface area contributed by atoms with E-state index in [9.17, 15) is 22.8 Å². The second-order valence-electron chi connectivity index (χ2n) is 14.2. The van der Waals surface area contributed by atoms with Gasteiger partial charge in [0.2, 0.25) is 21.8 Å². The zero-order valence-electron chi connectivity index (χ0n) is 27.2. The predicted molar refractivity (Wildman–Crippen MR) is 181 cm³/mol. The zero-order chi connectivity index (χ0) is 33.4. The second kappa shape index (κ2) is 13.3. The maximum Gasteiger partial charge on any atom is 0.259 e. The summed E-state index contributed by atoms with van der Waals surface area (Å²) >= 11 is 1.47. The Balaban J connectivity index is 1.27. The number of fused-ring (bicyclic) bond motifs is 2. The highest BCUT2D eigenvalue weighted by Crippen LogP contribution is 2.46. The summed E-state index contributed by atoms with van der Waals surface area (Å²) in [5, 5.41) is 6.37. The molecule has 4 aliphatic rings. The largest absolute Gasteiger partial charge is 0.371 e. The highest BCUT2D eigenvalue weighted by molar-refractivity contribution is 7.91. The lowest BCUT2D eigenvalue weighted by molar-refractivity contribution is -0.140. The van der Waals surface area contributed by atoms with Crippen molar-refractivity contribution >= 4 is 44.2 Å². The number of ether oxygens (including phenoxy) is 1. The van der Waals surface area contributed by atoms with E-state index in [2.05, 4.69) is 20.3 Å². The number of carbonyl (C=O) groups is 3. The van der Waals surface area contributed by atoms with Crippen molar-refractivity contribution in [2.24, 2.45) is 5.92 Å². The first kappa shape index (κ1) is 33.6. The van der Waals surface area contributed by atoms with Crippen LogP contribution in [0.2, 0.25) is 0 Å². The van der Waals surface area contributed by atoms with Gasteiger partial charge in [0.25, 0.3) is 5.91 Å². The molecule has 3 fully saturated rings. The van der Waals surface area contributed by atoms with E-state index in [4.69, 9.17) is 4.74 Å². The third-order valence-corrected chi connectivity index (χ3v) is 12.0. The minimum atomic E-state index is -3.81. The predicted octanol–water partition coefficient (Wildman–Crippen LogP) is 4.38. The number of rotatable bonds is 7. The Hall–Kier alpha value is -3.29. The molecule has 0 spiro atoms. The summed E-state index contributed by atoms with van der Waals surface area (Å²) in [6.07, 6.45) is 10.9. The Labute approximate surface area is 281 Å². The van der Waals surface area contributed by atoms with E-state index in [0.717, 1.165) is 36.1 Å². The van der Waals surface area contributed by atoms with Crippen molar-refractivity contribution in [1.82, 2.24) is 19.9 Å². The number of carbonyl (C=O) groups excluding carboxylic acids is 3. The van der Waals surface area contributed by atoms with E-state index < -0.39 is 56.4 Å². The highest BCUT2D eigenvalue weighted by atomic mass is 32.2. The van der Waals surface area contributed by atoms with E-state index in [1.165, 1.54) is 11.3 Å². The van der Waals surface area contributed by atoms with Crippen LogP contribution >= 0.6 is 11.3 Å². The van der Waals surface area contributed by atoms with Gasteiger partial charge in [-0.3, -0.25) is 19.1 Å². The number of hydrogen-bond donors (Lipinski definition) is 3. The molecule has 13 heteroatoms. The average molecular weight is 684 g/mol. The number of benzene rings is 1. The number of nitrogens with one attached hydrogen (secondary N) is 3. The molecule has 2 saturated carbocycles. The van der Waals surface area contributed by atoms with Gasteiger partial charge in [-0.2, -0.15) is 0 Å². The average Bonchev–Trinajstić information content (AvgIpc) is 3.90. The number of anilines is 1. The van der Waals surface area contributed by atoms with Gasteiger partial charge in [0.05, 0.1) is 21.8 Å². The smallest absolute Gasteiger partial charge is 0.259 e. The molecule has 6 rings (SSSR count). The van der Waals surface area contributed by atoms with Crippen LogP contribution < -0.4 is 15.4 Å². The highest BCUT2D eigenvalue weighted by Gasteiger charge is 2.62. The minimum Gasteiger partial charge on any atom is -0.371 e. The number of sulfonamides is 1. The molecule has 2 aliphatic carbocycles. The molecular weight excluding hydrogens is 639 g/mol. The van der Waals surface area contributed by atoms with E-state index in [1.54, 1.807) is 11.1 Å². The standard InChI is InChI=1S/C34H45N5O6S2/c1-33(2,3)45-24-18-27-29(40)37-34(31(42)38-47(43,44)25-16-17-25)19-23(34)14-10-5-4-6-11-15-26(30(41)39(27)21-24)36-32-35-20-28(46-32)22-12-8-7-9-13-22/h7-10,12-14,20,23-27H,4-6,11,15-19,21H2,1-3H3,(H,35,36)(H,37,40)(H,38,42)/t23-,24-,26+,27+,34-/m1/s1. The number of nitrogens with zero attached hydrogens (tertiary/aromatic N) is 2. The van der Waals surface area contributed by atoms with Crippen molar-refractivity contribution in [3.8, 4) is 10.4 Å². The van der Waals surface area contributed by atoms with Crippen LogP contribution in [0.15, 0.2) is 48.7 Å². The van der Waals surface area contributed by atoms with Gasteiger partial charge in [0, 0.05) is 25.1 Å². The summed E-state index contributed by atoms with van der Waals surface area (Å²) in [4.78, 5) is 49.2. The molecule has 2 aliphatic heterocycles. The molecule has 5 atom stereocenters. The van der Waals surface area contributed by atoms with Gasteiger partial charge < -0.3 is 20.3 Å². The normalized spacial score (nSPS) is 28.8. The maximum absolute atomic E-state index is 14.4. The van der Waals surface area contributed by atoms with E-state index in [1.807, 2.05) is 63.3 Å². The fourth-order valence-electron chi connectivity index (χ4n) is 6.57. The van der Waals surface area contributed by atoms with Gasteiger partial charge in [0.15, 0.2) is 5.13 Å². The monoisotopic (exact) mass is 683 g/mol. The van der Waals surface area contributed by atoms with Crippen LogP contribution in [-0.2, 0) is 29.1 Å². The van der Waals surface area contributed by atoms with Crippen molar-refractivity contribution in [2.75, 3.05) is 11.9 Å². The Bertz CT molecular complexity index is 1620. The number of hydrogen-bond acceptors (Lipinski definition) is 9. The Kier molecular flexibility index (Phi) is 9.52. The third-order valence-electron chi connectivity index (χ3n) is 9.22. The first-order chi connectivity index (χ1) is 22.3. The lowest BCUT2D eigenvalue weighted by atomic mass is 10.1. The fourth-order valence-corrected chi connectivity index (χ4v) is 8.81. The summed E-state index contributed by atoms with van der Waals surface area (Å²) < 4.78 is 34.0. The van der Waals surface area contributed by atoms with Gasteiger partial charge in [-0.15, -0.1) is 0 Å². The molecule has 2 aromatic rings. The van der Waals surface area contributed by atoms with Gasteiger partial charge in [-0.1, -0.05) is 66.7 Å². The second-order valence-corrected chi connectivity index (χ2v) is 17.2. The van der Waals surface area contributed by atoms with E-state index in [-0.39, 0.29) is 24.8 Å². The van der Waals surface area contributed by atoms with Crippen LogP contribution in [0.1, 0.15) is 78.6 Å². The lowest BCUT2D eigenvalue weighted by Crippen LogP contribution is -2.57. The van der Waals surface area contributed by atoms with Crippen LogP contribution in [0, 0.1) is 5.92 Å². The number of allylic oxidation sites excluding steroid dienone is 1. The minimum absolute atomic E-state index is 0.220. The SMILES string of the molecule is CC(C)(C)O[C@@H]1C[C@H]2C(=O)N[C@]3(C(=O)NS(=O)(=O)C4CC4)C[C@H]3C=CCCCCC[C@H](Nc3ncc(-c4ccccc4)s3)C(=O)N2C1. The molecule has 3 heterocycles. The molecule has 1 aromatic carbocycles. The van der Waals surface area contributed by atoms with Gasteiger partial charge in [0.1, 0.15) is 17.6 Å². The summed E-state index contributed by atoms with van der Waals surface area (Å²) in [5.74, 6) is -1.76. The van der Waals surface area contributed by atoms with E-state index in [0.29, 0.717) is 30.8 Å². The molecular formula is C34H45N5O6S2. The van der Waals surface area contributed by atoms with Crippen LogP contribution in [-0.4, -0.2) is 77.1 Å². The van der Waals surface area contributed by atoms with Crippen LogP contribution in [0.4, 0.5) is 5.13 Å². The number of thiazole rings is 1. The summed E-state index contributed by atoms with van der Waals surface area (Å²) in [5.41, 5.74) is -0.849. The van der Waals surface area contributed by atoms with Crippen molar-refractivity contribution in [3.63, 3.8) is 0 Å². The van der Waals surface area contributed by atoms with Gasteiger partial charge >= 0.3 is 0 Å². The first-order valence-electron chi connectivity index (χ1n) is 16.7. The van der Waals surface area contributed by atoms with Gasteiger partial charge in [-0.05, 0) is 64.9 Å². The quantitative estimate of drug-likeness (QED) is 0.365. The maximum atomic E-state index is 14.4. The molecule has 1 saturated heterocycles. The fraction of sp³-hybridized carbons (Fsp3) is 0.588. The summed E-state index contributed by atoms with van der Waals surface area (Å²) in [7, 11) is -3.81. The molecule has 47 heavy (non-hydrogen) atoms. The molecule has 254 valence electrons. The Morgan fingerprint density at radius 1 is 1.11 bits per heavy atom.